The van der Waals surface area contributed by atoms with Gasteiger partial charge in [-0.1, -0.05) is 12.5 Å². The van der Waals surface area contributed by atoms with Crippen molar-refractivity contribution in [2.75, 3.05) is 0 Å². The molecule has 0 spiro atoms. The molecule has 0 bridgehead atoms. The topological polar surface area (TPSA) is 78.4 Å². The SMILES string of the molecule is CC/C(C)=C/NC(=O)NC(C)C(=O)O. The summed E-state index contributed by atoms with van der Waals surface area (Å²) < 4.78 is 0. The lowest BCUT2D eigenvalue weighted by molar-refractivity contribution is -0.138. The molecular weight excluding hydrogens is 184 g/mol. The van der Waals surface area contributed by atoms with Crippen LogP contribution in [-0.4, -0.2) is 23.1 Å². The van der Waals surface area contributed by atoms with Crippen molar-refractivity contribution in [3.8, 4) is 0 Å². The van der Waals surface area contributed by atoms with Gasteiger partial charge in [0.15, 0.2) is 0 Å². The lowest BCUT2D eigenvalue weighted by Gasteiger charge is -2.08. The molecular formula is C9H16N2O3. The molecule has 0 fully saturated rings. The number of carbonyl (C=O) groups is 2. The fourth-order valence-corrected chi connectivity index (χ4v) is 0.591. The zero-order chi connectivity index (χ0) is 11.1. The predicted octanol–water partition coefficient (Wildman–Crippen LogP) is 1.07. The maximum atomic E-state index is 11.0. The molecule has 0 aliphatic rings. The number of urea groups is 1. The molecule has 0 aromatic carbocycles. The first-order chi connectivity index (χ1) is 6.47. The first-order valence-corrected chi connectivity index (χ1v) is 4.42. The minimum absolute atomic E-state index is 0.507. The van der Waals surface area contributed by atoms with Crippen LogP contribution in [0.1, 0.15) is 27.2 Å². The Hall–Kier alpha value is -1.52. The number of allylic oxidation sites excluding steroid dienone is 1. The van der Waals surface area contributed by atoms with E-state index in [-0.39, 0.29) is 0 Å². The summed E-state index contributed by atoms with van der Waals surface area (Å²) in [6.45, 7) is 5.24. The van der Waals surface area contributed by atoms with Crippen LogP contribution in [0.3, 0.4) is 0 Å². The highest BCUT2D eigenvalue weighted by atomic mass is 16.4. The summed E-state index contributed by atoms with van der Waals surface area (Å²) in [7, 11) is 0. The molecule has 5 heteroatoms. The van der Waals surface area contributed by atoms with Crippen LogP contribution in [0.2, 0.25) is 0 Å². The van der Waals surface area contributed by atoms with E-state index < -0.39 is 18.0 Å². The van der Waals surface area contributed by atoms with Crippen molar-refractivity contribution in [1.29, 1.82) is 0 Å². The van der Waals surface area contributed by atoms with Crippen LogP contribution in [0, 0.1) is 0 Å². The molecule has 0 aliphatic heterocycles. The highest BCUT2D eigenvalue weighted by Gasteiger charge is 2.12. The van der Waals surface area contributed by atoms with Crippen LogP contribution in [0.25, 0.3) is 0 Å². The van der Waals surface area contributed by atoms with Gasteiger partial charge in [0.25, 0.3) is 0 Å². The molecule has 0 aromatic heterocycles. The van der Waals surface area contributed by atoms with E-state index in [0.717, 1.165) is 12.0 Å². The third kappa shape index (κ3) is 5.18. The van der Waals surface area contributed by atoms with Crippen LogP contribution in [0.5, 0.6) is 0 Å². The Kier molecular flexibility index (Phi) is 5.36. The van der Waals surface area contributed by atoms with E-state index in [1.807, 2.05) is 13.8 Å². The second kappa shape index (κ2) is 6.01. The number of carboxylic acids is 1. The van der Waals surface area contributed by atoms with Crippen molar-refractivity contribution in [1.82, 2.24) is 10.6 Å². The number of carboxylic acid groups (broad SMARTS) is 1. The van der Waals surface area contributed by atoms with Gasteiger partial charge in [0.2, 0.25) is 0 Å². The number of hydrogen-bond donors (Lipinski definition) is 3. The van der Waals surface area contributed by atoms with Gasteiger partial charge in [-0.25, -0.2) is 4.79 Å². The summed E-state index contributed by atoms with van der Waals surface area (Å²) in [4.78, 5) is 21.4. The van der Waals surface area contributed by atoms with Crippen molar-refractivity contribution in [2.24, 2.45) is 0 Å². The Balaban J connectivity index is 3.93. The Morgan fingerprint density at radius 1 is 1.50 bits per heavy atom. The van der Waals surface area contributed by atoms with Crippen molar-refractivity contribution in [3.05, 3.63) is 11.8 Å². The Labute approximate surface area is 83.2 Å². The Bertz CT molecular complexity index is 248. The molecule has 80 valence electrons. The molecule has 0 saturated carbocycles. The van der Waals surface area contributed by atoms with Gasteiger partial charge in [-0.05, 0) is 20.3 Å². The van der Waals surface area contributed by atoms with Gasteiger partial charge >= 0.3 is 12.0 Å². The summed E-state index contributed by atoms with van der Waals surface area (Å²) >= 11 is 0. The van der Waals surface area contributed by atoms with E-state index >= 15 is 0 Å². The minimum atomic E-state index is -1.06. The van der Waals surface area contributed by atoms with Gasteiger partial charge < -0.3 is 15.7 Å². The van der Waals surface area contributed by atoms with Crippen molar-refractivity contribution in [2.45, 2.75) is 33.2 Å². The van der Waals surface area contributed by atoms with Gasteiger partial charge in [-0.2, -0.15) is 0 Å². The number of carbonyl (C=O) groups excluding carboxylic acids is 1. The van der Waals surface area contributed by atoms with Crippen LogP contribution in [0.15, 0.2) is 11.8 Å². The second-order valence-electron chi connectivity index (χ2n) is 3.02. The lowest BCUT2D eigenvalue weighted by atomic mass is 10.3. The van der Waals surface area contributed by atoms with Crippen molar-refractivity contribution >= 4 is 12.0 Å². The maximum absolute atomic E-state index is 11.0. The summed E-state index contributed by atoms with van der Waals surface area (Å²) in [5, 5.41) is 13.2. The van der Waals surface area contributed by atoms with Crippen molar-refractivity contribution in [3.63, 3.8) is 0 Å². The summed E-state index contributed by atoms with van der Waals surface area (Å²) in [5.41, 5.74) is 1.02. The molecule has 0 heterocycles. The molecule has 1 unspecified atom stereocenters. The third-order valence-electron chi connectivity index (χ3n) is 1.73. The normalized spacial score (nSPS) is 13.2. The fourth-order valence-electron chi connectivity index (χ4n) is 0.591. The average Bonchev–Trinajstić information content (AvgIpc) is 2.13. The summed E-state index contributed by atoms with van der Waals surface area (Å²) in [6, 6.07) is -1.39. The van der Waals surface area contributed by atoms with E-state index in [9.17, 15) is 9.59 Å². The van der Waals surface area contributed by atoms with Gasteiger partial charge in [0.1, 0.15) is 6.04 Å². The first-order valence-electron chi connectivity index (χ1n) is 4.42. The van der Waals surface area contributed by atoms with Crippen LogP contribution < -0.4 is 10.6 Å². The third-order valence-corrected chi connectivity index (χ3v) is 1.73. The number of aliphatic carboxylic acids is 1. The standard InChI is InChI=1S/C9H16N2O3/c1-4-6(2)5-10-9(14)11-7(3)8(12)13/h5,7H,4H2,1-3H3,(H,12,13)(H2,10,11,14)/b6-5+. The van der Waals surface area contributed by atoms with Crippen LogP contribution >= 0.6 is 0 Å². The molecule has 3 N–H and O–H groups in total. The maximum Gasteiger partial charge on any atom is 0.325 e. The first kappa shape index (κ1) is 12.5. The number of amides is 2. The summed E-state index contributed by atoms with van der Waals surface area (Å²) in [6.07, 6.45) is 2.40. The molecule has 0 aromatic rings. The van der Waals surface area contributed by atoms with Gasteiger partial charge in [-0.15, -0.1) is 0 Å². The monoisotopic (exact) mass is 200 g/mol. The molecule has 0 radical (unpaired) electrons. The molecule has 2 amide bonds. The largest absolute Gasteiger partial charge is 0.480 e. The molecule has 5 nitrogen and oxygen atoms in total. The van der Waals surface area contributed by atoms with E-state index in [0.29, 0.717) is 0 Å². The quantitative estimate of drug-likeness (QED) is 0.635. The molecule has 0 aliphatic carbocycles. The molecule has 1 atom stereocenters. The van der Waals surface area contributed by atoms with Gasteiger partial charge in [0.05, 0.1) is 0 Å². The lowest BCUT2D eigenvalue weighted by Crippen LogP contribution is -2.42. The van der Waals surface area contributed by atoms with E-state index in [1.54, 1.807) is 6.20 Å². The Morgan fingerprint density at radius 3 is 2.50 bits per heavy atom. The molecule has 0 saturated heterocycles. The molecule has 14 heavy (non-hydrogen) atoms. The smallest absolute Gasteiger partial charge is 0.325 e. The van der Waals surface area contributed by atoms with Crippen LogP contribution in [-0.2, 0) is 4.79 Å². The van der Waals surface area contributed by atoms with Crippen LogP contribution in [0.4, 0.5) is 4.79 Å². The number of nitrogens with one attached hydrogen (secondary N) is 2. The zero-order valence-electron chi connectivity index (χ0n) is 8.63. The van der Waals surface area contributed by atoms with E-state index in [2.05, 4.69) is 10.6 Å². The van der Waals surface area contributed by atoms with Gasteiger partial charge in [-0.3, -0.25) is 4.79 Å². The number of hydrogen-bond acceptors (Lipinski definition) is 2. The minimum Gasteiger partial charge on any atom is -0.480 e. The van der Waals surface area contributed by atoms with E-state index in [1.165, 1.54) is 6.92 Å². The number of rotatable bonds is 4. The van der Waals surface area contributed by atoms with Crippen molar-refractivity contribution < 1.29 is 14.7 Å². The second-order valence-corrected chi connectivity index (χ2v) is 3.02. The van der Waals surface area contributed by atoms with E-state index in [4.69, 9.17) is 5.11 Å². The summed E-state index contributed by atoms with van der Waals surface area (Å²) in [5.74, 6) is -1.06. The molecule has 0 rings (SSSR count). The zero-order valence-corrected chi connectivity index (χ0v) is 8.63. The highest BCUT2D eigenvalue weighted by Crippen LogP contribution is 1.94. The van der Waals surface area contributed by atoms with Gasteiger partial charge in [0, 0.05) is 6.20 Å². The highest BCUT2D eigenvalue weighted by molar-refractivity contribution is 5.82. The average molecular weight is 200 g/mol. The Morgan fingerprint density at radius 2 is 2.07 bits per heavy atom. The fraction of sp³-hybridized carbons (Fsp3) is 0.556. The predicted molar refractivity (Wildman–Crippen MR) is 52.8 cm³/mol.